The molecule has 1 saturated heterocycles. The number of likely N-dealkylation sites (tertiary alicyclic amines) is 1. The number of rotatable bonds is 4. The van der Waals surface area contributed by atoms with Gasteiger partial charge in [-0.1, -0.05) is 0 Å². The Morgan fingerprint density at radius 2 is 2.03 bits per heavy atom. The summed E-state index contributed by atoms with van der Waals surface area (Å²) < 4.78 is 52.4. The van der Waals surface area contributed by atoms with Crippen molar-refractivity contribution >= 4 is 34.1 Å². The van der Waals surface area contributed by atoms with E-state index in [9.17, 15) is 13.6 Å². The van der Waals surface area contributed by atoms with Gasteiger partial charge in [-0.25, -0.2) is 27.9 Å². The molecule has 2 aromatic heterocycles. The Balaban J connectivity index is 1.19. The smallest absolute Gasteiger partial charge is 0.413 e. The van der Waals surface area contributed by atoms with Gasteiger partial charge in [0.15, 0.2) is 5.82 Å². The Morgan fingerprint density at radius 3 is 2.78 bits per heavy atom. The number of aromatic nitrogens is 2. The first kappa shape index (κ1) is 23.6. The summed E-state index contributed by atoms with van der Waals surface area (Å²) in [5, 5.41) is 6.80. The van der Waals surface area contributed by atoms with Crippen molar-refractivity contribution in [3.05, 3.63) is 35.9 Å². The Morgan fingerprint density at radius 1 is 1.24 bits per heavy atom. The number of benzene rings is 1. The van der Waals surface area contributed by atoms with Crippen LogP contribution < -0.4 is 21.1 Å². The molecule has 4 heterocycles. The van der Waals surface area contributed by atoms with E-state index in [4.69, 9.17) is 15.2 Å². The zero-order chi connectivity index (χ0) is 25.9. The zero-order valence-corrected chi connectivity index (χ0v) is 20.0. The van der Waals surface area contributed by atoms with Crippen molar-refractivity contribution in [3.8, 4) is 17.0 Å². The number of hydrogen-bond donors (Lipinski definition) is 3. The molecule has 2 fully saturated rings. The lowest BCUT2D eigenvalue weighted by atomic mass is 9.85. The molecule has 0 unspecified atom stereocenters. The molecule has 4 N–H and O–H groups in total. The molecule has 1 aliphatic carbocycles. The van der Waals surface area contributed by atoms with Gasteiger partial charge in [-0.05, 0) is 30.0 Å². The lowest BCUT2D eigenvalue weighted by Crippen LogP contribution is -2.63. The van der Waals surface area contributed by atoms with Gasteiger partial charge in [0.05, 0.1) is 18.8 Å². The summed E-state index contributed by atoms with van der Waals surface area (Å²) >= 11 is 0. The third-order valence-electron chi connectivity index (χ3n) is 7.19. The van der Waals surface area contributed by atoms with Gasteiger partial charge in [0.2, 0.25) is 5.88 Å². The maximum atomic E-state index is 15.3. The third kappa shape index (κ3) is 4.24. The van der Waals surface area contributed by atoms with Crippen LogP contribution in [0, 0.1) is 12.7 Å². The van der Waals surface area contributed by atoms with E-state index in [1.54, 1.807) is 23.2 Å². The van der Waals surface area contributed by atoms with Gasteiger partial charge in [0, 0.05) is 54.3 Å². The van der Waals surface area contributed by atoms with E-state index in [0.717, 1.165) is 5.56 Å². The highest BCUT2D eigenvalue weighted by Crippen LogP contribution is 2.40. The van der Waals surface area contributed by atoms with Gasteiger partial charge in [-0.15, -0.1) is 0 Å². The minimum atomic E-state index is -2.61. The molecule has 0 atom stereocenters. The van der Waals surface area contributed by atoms with E-state index >= 15 is 4.39 Å². The Bertz CT molecular complexity index is 1400. The van der Waals surface area contributed by atoms with Crippen molar-refractivity contribution in [1.29, 1.82) is 0 Å². The van der Waals surface area contributed by atoms with Crippen LogP contribution in [0.25, 0.3) is 21.9 Å². The standard InChI is InChI=1S/C25H25F3N6O3/c1-12-17(8-32-23-22(12)30-2-3-36-23)16-4-13-5-19(31-9-18(13)21(29)20(16)26)33-24(35)37-15-6-14(7-15)34-10-25(27,28)11-34/h4-5,8-9,14-15,30H,2-3,6-7,10-11,29H2,1H3,(H,31,33,35). The molecule has 6 rings (SSSR count). The van der Waals surface area contributed by atoms with Crippen LogP contribution in [0.3, 0.4) is 0 Å². The van der Waals surface area contributed by atoms with Crippen LogP contribution in [0.4, 0.5) is 35.2 Å². The number of halogens is 3. The predicted octanol–water partition coefficient (Wildman–Crippen LogP) is 4.16. The molecule has 3 aliphatic rings. The fraction of sp³-hybridized carbons (Fsp3) is 0.400. The maximum Gasteiger partial charge on any atom is 0.413 e. The summed E-state index contributed by atoms with van der Waals surface area (Å²) in [4.78, 5) is 22.6. The number of ether oxygens (including phenoxy) is 2. The minimum absolute atomic E-state index is 0.0100. The molecule has 12 heteroatoms. The van der Waals surface area contributed by atoms with Crippen LogP contribution in [0.5, 0.6) is 5.88 Å². The third-order valence-corrected chi connectivity index (χ3v) is 7.19. The molecule has 0 radical (unpaired) electrons. The summed E-state index contributed by atoms with van der Waals surface area (Å²) in [7, 11) is 0. The normalized spacial score (nSPS) is 22.2. The quantitative estimate of drug-likeness (QED) is 0.445. The topological polar surface area (TPSA) is 115 Å². The molecule has 37 heavy (non-hydrogen) atoms. The largest absolute Gasteiger partial charge is 0.474 e. The second-order valence-electron chi connectivity index (χ2n) is 9.73. The lowest BCUT2D eigenvalue weighted by Gasteiger charge is -2.49. The molecule has 2 aliphatic heterocycles. The number of nitrogen functional groups attached to an aromatic ring is 1. The molecule has 194 valence electrons. The van der Waals surface area contributed by atoms with Crippen LogP contribution in [0.2, 0.25) is 0 Å². The van der Waals surface area contributed by atoms with Crippen molar-refractivity contribution in [1.82, 2.24) is 14.9 Å². The SMILES string of the molecule is Cc1c(-c2cc3cc(NC(=O)OC4CC(N5CC(F)(F)C5)C4)ncc3c(N)c2F)cnc2c1NCCO2. The Hall–Kier alpha value is -3.80. The van der Waals surface area contributed by atoms with E-state index in [0.29, 0.717) is 53.9 Å². The van der Waals surface area contributed by atoms with E-state index in [2.05, 4.69) is 20.6 Å². The average Bonchev–Trinajstić information content (AvgIpc) is 2.82. The second-order valence-corrected chi connectivity index (χ2v) is 9.73. The number of amides is 1. The van der Waals surface area contributed by atoms with Gasteiger partial charge < -0.3 is 20.5 Å². The maximum absolute atomic E-state index is 15.3. The number of nitrogens with two attached hydrogens (primary N) is 1. The minimum Gasteiger partial charge on any atom is -0.474 e. The number of fused-ring (bicyclic) bond motifs is 2. The number of carbonyl (C=O) groups is 1. The Labute approximate surface area is 210 Å². The molecule has 1 amide bonds. The fourth-order valence-electron chi connectivity index (χ4n) is 5.08. The number of anilines is 3. The van der Waals surface area contributed by atoms with E-state index in [1.807, 2.05) is 6.92 Å². The van der Waals surface area contributed by atoms with Gasteiger partial charge in [0.25, 0.3) is 5.92 Å². The molecule has 0 bridgehead atoms. The predicted molar refractivity (Wildman–Crippen MR) is 131 cm³/mol. The molecular weight excluding hydrogens is 489 g/mol. The molecule has 0 spiro atoms. The summed E-state index contributed by atoms with van der Waals surface area (Å²) in [6, 6.07) is 3.24. The van der Waals surface area contributed by atoms with Crippen LogP contribution in [-0.4, -0.2) is 65.3 Å². The molecule has 9 nitrogen and oxygen atoms in total. The summed E-state index contributed by atoms with van der Waals surface area (Å²) in [6.07, 6.45) is 2.94. The highest BCUT2D eigenvalue weighted by Gasteiger charge is 2.50. The van der Waals surface area contributed by atoms with Crippen LogP contribution >= 0.6 is 0 Å². The van der Waals surface area contributed by atoms with Crippen molar-refractivity contribution < 1.29 is 27.4 Å². The number of pyridine rings is 2. The first-order valence-electron chi connectivity index (χ1n) is 12.0. The lowest BCUT2D eigenvalue weighted by molar-refractivity contribution is -0.167. The molecule has 1 aromatic carbocycles. The number of nitrogens with zero attached hydrogens (tertiary/aromatic N) is 3. The first-order valence-corrected chi connectivity index (χ1v) is 12.0. The van der Waals surface area contributed by atoms with Gasteiger partial charge >= 0.3 is 6.09 Å². The highest BCUT2D eigenvalue weighted by molar-refractivity contribution is 5.99. The van der Waals surface area contributed by atoms with E-state index in [-0.39, 0.29) is 42.3 Å². The summed E-state index contributed by atoms with van der Waals surface area (Å²) in [5.74, 6) is -2.52. The van der Waals surface area contributed by atoms with Crippen molar-refractivity contribution in [2.45, 2.75) is 37.8 Å². The van der Waals surface area contributed by atoms with Crippen LogP contribution in [0.1, 0.15) is 18.4 Å². The van der Waals surface area contributed by atoms with Crippen molar-refractivity contribution in [2.24, 2.45) is 0 Å². The van der Waals surface area contributed by atoms with Crippen molar-refractivity contribution in [3.63, 3.8) is 0 Å². The van der Waals surface area contributed by atoms with Gasteiger partial charge in [0.1, 0.15) is 24.2 Å². The Kier molecular flexibility index (Phi) is 5.51. The van der Waals surface area contributed by atoms with Crippen LogP contribution in [-0.2, 0) is 4.74 Å². The highest BCUT2D eigenvalue weighted by atomic mass is 19.3. The first-order chi connectivity index (χ1) is 17.7. The molecule has 1 saturated carbocycles. The van der Waals surface area contributed by atoms with Crippen molar-refractivity contribution in [2.75, 3.05) is 42.6 Å². The number of nitrogens with one attached hydrogen (secondary N) is 2. The average molecular weight is 515 g/mol. The monoisotopic (exact) mass is 514 g/mol. The molecule has 3 aromatic rings. The van der Waals surface area contributed by atoms with Crippen LogP contribution in [0.15, 0.2) is 24.5 Å². The number of hydrogen-bond acceptors (Lipinski definition) is 8. The van der Waals surface area contributed by atoms with Gasteiger partial charge in [-0.3, -0.25) is 10.2 Å². The van der Waals surface area contributed by atoms with E-state index in [1.165, 1.54) is 6.20 Å². The second kappa shape index (κ2) is 8.65. The van der Waals surface area contributed by atoms with Gasteiger partial charge in [-0.2, -0.15) is 0 Å². The molecular formula is C25H25F3N6O3. The summed E-state index contributed by atoms with van der Waals surface area (Å²) in [5.41, 5.74) is 8.37. The summed E-state index contributed by atoms with van der Waals surface area (Å²) in [6.45, 7) is 2.49. The number of carbonyl (C=O) groups excluding carboxylic acids is 1. The van der Waals surface area contributed by atoms with E-state index < -0.39 is 17.8 Å². The zero-order valence-electron chi connectivity index (χ0n) is 20.0. The number of alkyl halides is 2. The fourth-order valence-corrected chi connectivity index (χ4v) is 5.08.